The third kappa shape index (κ3) is 2.66. The van der Waals surface area contributed by atoms with Crippen LogP contribution in [-0.4, -0.2) is 11.8 Å². The number of aryl methyl sites for hydroxylation is 1. The number of anilines is 1. The van der Waals surface area contributed by atoms with Gasteiger partial charge >= 0.3 is 6.18 Å². The molecule has 2 rings (SSSR count). The Balaban J connectivity index is 2.50. The first-order valence-corrected chi connectivity index (χ1v) is 6.65. The minimum absolute atomic E-state index is 0.00509. The summed E-state index contributed by atoms with van der Waals surface area (Å²) in [5.41, 5.74) is -1.35. The van der Waals surface area contributed by atoms with Crippen LogP contribution >= 0.6 is 0 Å². The van der Waals surface area contributed by atoms with Crippen molar-refractivity contribution in [1.29, 1.82) is 0 Å². The summed E-state index contributed by atoms with van der Waals surface area (Å²) in [6.45, 7) is 4.95. The van der Waals surface area contributed by atoms with Gasteiger partial charge in [0.1, 0.15) is 0 Å². The van der Waals surface area contributed by atoms with E-state index in [1.165, 1.54) is 13.0 Å². The standard InChI is InChI=1S/C15H16F3NO2/c1-4-14(3)8-12(20)19(13(14)21)11-6-9(2)5-10(7-11)15(16,17)18/h5-7H,4,8H2,1-3H3. The van der Waals surface area contributed by atoms with Crippen LogP contribution in [0.3, 0.4) is 0 Å². The first kappa shape index (κ1) is 15.5. The third-order valence-corrected chi connectivity index (χ3v) is 3.94. The van der Waals surface area contributed by atoms with Crippen LogP contribution in [0.4, 0.5) is 18.9 Å². The van der Waals surface area contributed by atoms with Gasteiger partial charge in [-0.15, -0.1) is 0 Å². The van der Waals surface area contributed by atoms with E-state index in [0.29, 0.717) is 12.0 Å². The van der Waals surface area contributed by atoms with E-state index in [2.05, 4.69) is 0 Å². The second-order valence-corrected chi connectivity index (χ2v) is 5.68. The molecule has 0 radical (unpaired) electrons. The zero-order valence-corrected chi connectivity index (χ0v) is 12.0. The lowest BCUT2D eigenvalue weighted by Crippen LogP contribution is -2.34. The number of halogens is 3. The molecule has 2 amide bonds. The van der Waals surface area contributed by atoms with Crippen LogP contribution in [0.5, 0.6) is 0 Å². The van der Waals surface area contributed by atoms with Gasteiger partial charge in [0.25, 0.3) is 0 Å². The van der Waals surface area contributed by atoms with Crippen LogP contribution in [0.15, 0.2) is 18.2 Å². The quantitative estimate of drug-likeness (QED) is 0.781. The van der Waals surface area contributed by atoms with Gasteiger partial charge in [-0.2, -0.15) is 13.2 Å². The van der Waals surface area contributed by atoms with Crippen LogP contribution in [0.25, 0.3) is 0 Å². The Morgan fingerprint density at radius 3 is 2.33 bits per heavy atom. The van der Waals surface area contributed by atoms with E-state index in [0.717, 1.165) is 17.0 Å². The molecule has 0 bridgehead atoms. The minimum Gasteiger partial charge on any atom is -0.274 e. The Kier molecular flexibility index (Phi) is 3.59. The number of alkyl halides is 3. The summed E-state index contributed by atoms with van der Waals surface area (Å²) in [5.74, 6) is -0.892. The molecule has 21 heavy (non-hydrogen) atoms. The molecule has 1 aromatic carbocycles. The number of carbonyl (C=O) groups excluding carboxylic acids is 2. The van der Waals surface area contributed by atoms with Gasteiger partial charge in [-0.3, -0.25) is 14.5 Å². The van der Waals surface area contributed by atoms with Gasteiger partial charge in [-0.1, -0.05) is 13.8 Å². The third-order valence-electron chi connectivity index (χ3n) is 3.94. The number of carbonyl (C=O) groups is 2. The molecular weight excluding hydrogens is 283 g/mol. The molecule has 114 valence electrons. The fourth-order valence-corrected chi connectivity index (χ4v) is 2.46. The molecule has 3 nitrogen and oxygen atoms in total. The van der Waals surface area contributed by atoms with E-state index in [9.17, 15) is 22.8 Å². The molecule has 1 aliphatic heterocycles. The van der Waals surface area contributed by atoms with Crippen LogP contribution in [0.1, 0.15) is 37.8 Å². The molecule has 6 heteroatoms. The number of amides is 2. The Morgan fingerprint density at radius 1 is 1.24 bits per heavy atom. The Morgan fingerprint density at radius 2 is 1.86 bits per heavy atom. The number of benzene rings is 1. The highest BCUT2D eigenvalue weighted by Crippen LogP contribution is 2.40. The molecule has 1 saturated heterocycles. The van der Waals surface area contributed by atoms with Gasteiger partial charge in [0, 0.05) is 6.42 Å². The largest absolute Gasteiger partial charge is 0.416 e. The van der Waals surface area contributed by atoms with Crippen LogP contribution < -0.4 is 4.90 Å². The van der Waals surface area contributed by atoms with Crippen molar-refractivity contribution < 1.29 is 22.8 Å². The lowest BCUT2D eigenvalue weighted by molar-refractivity contribution is -0.137. The van der Waals surface area contributed by atoms with Crippen molar-refractivity contribution in [2.24, 2.45) is 5.41 Å². The zero-order valence-electron chi connectivity index (χ0n) is 12.0. The number of nitrogens with zero attached hydrogens (tertiary/aromatic N) is 1. The molecule has 1 unspecified atom stereocenters. The second-order valence-electron chi connectivity index (χ2n) is 5.68. The number of rotatable bonds is 2. The molecule has 1 atom stereocenters. The van der Waals surface area contributed by atoms with Crippen LogP contribution in [-0.2, 0) is 15.8 Å². The van der Waals surface area contributed by atoms with E-state index in [4.69, 9.17) is 0 Å². The number of hydrogen-bond acceptors (Lipinski definition) is 2. The van der Waals surface area contributed by atoms with Gasteiger partial charge in [0.05, 0.1) is 16.7 Å². The highest BCUT2D eigenvalue weighted by atomic mass is 19.4. The van der Waals surface area contributed by atoms with Crippen molar-refractivity contribution in [2.75, 3.05) is 4.90 Å². The predicted molar refractivity (Wildman–Crippen MR) is 71.7 cm³/mol. The second kappa shape index (κ2) is 4.86. The lowest BCUT2D eigenvalue weighted by Gasteiger charge is -2.21. The average molecular weight is 299 g/mol. The zero-order chi connectivity index (χ0) is 16.0. The summed E-state index contributed by atoms with van der Waals surface area (Å²) in [6.07, 6.45) is -4.02. The highest BCUT2D eigenvalue weighted by molar-refractivity contribution is 6.22. The van der Waals surface area contributed by atoms with Crippen molar-refractivity contribution in [3.8, 4) is 0 Å². The van der Waals surface area contributed by atoms with Crippen molar-refractivity contribution in [1.82, 2.24) is 0 Å². The van der Waals surface area contributed by atoms with E-state index >= 15 is 0 Å². The first-order chi connectivity index (χ1) is 9.58. The molecule has 0 saturated carbocycles. The van der Waals surface area contributed by atoms with E-state index in [-0.39, 0.29) is 12.1 Å². The summed E-state index contributed by atoms with van der Waals surface area (Å²) in [7, 11) is 0. The van der Waals surface area contributed by atoms with Crippen LogP contribution in [0.2, 0.25) is 0 Å². The number of imide groups is 1. The Labute approximate surface area is 120 Å². The summed E-state index contributed by atoms with van der Waals surface area (Å²) < 4.78 is 38.6. The molecule has 0 aliphatic carbocycles. The predicted octanol–water partition coefficient (Wildman–Crippen LogP) is 3.69. The smallest absolute Gasteiger partial charge is 0.274 e. The topological polar surface area (TPSA) is 37.4 Å². The molecular formula is C15H16F3NO2. The maximum Gasteiger partial charge on any atom is 0.416 e. The van der Waals surface area contributed by atoms with Gasteiger partial charge < -0.3 is 0 Å². The van der Waals surface area contributed by atoms with Crippen molar-refractivity contribution in [2.45, 2.75) is 39.8 Å². The normalized spacial score (nSPS) is 23.0. The summed E-state index contributed by atoms with van der Waals surface area (Å²) in [6, 6.07) is 3.27. The van der Waals surface area contributed by atoms with Crippen molar-refractivity contribution in [3.05, 3.63) is 29.3 Å². The number of hydrogen-bond donors (Lipinski definition) is 0. The summed E-state index contributed by atoms with van der Waals surface area (Å²) in [4.78, 5) is 25.3. The molecule has 1 fully saturated rings. The monoisotopic (exact) mass is 299 g/mol. The molecule has 0 aromatic heterocycles. The van der Waals surface area contributed by atoms with Crippen LogP contribution in [0, 0.1) is 12.3 Å². The van der Waals surface area contributed by atoms with Gasteiger partial charge in [-0.25, -0.2) is 0 Å². The fraction of sp³-hybridized carbons (Fsp3) is 0.467. The van der Waals surface area contributed by atoms with Gasteiger partial charge in [0.15, 0.2) is 0 Å². The molecule has 1 aliphatic rings. The Bertz CT molecular complexity index is 609. The van der Waals surface area contributed by atoms with Crippen molar-refractivity contribution in [3.63, 3.8) is 0 Å². The molecule has 1 heterocycles. The minimum atomic E-state index is -4.51. The summed E-state index contributed by atoms with van der Waals surface area (Å²) >= 11 is 0. The fourth-order valence-electron chi connectivity index (χ4n) is 2.46. The SMILES string of the molecule is CCC1(C)CC(=O)N(c2cc(C)cc(C(F)(F)F)c2)C1=O. The molecule has 1 aromatic rings. The Hall–Kier alpha value is -1.85. The average Bonchev–Trinajstić information content (AvgIpc) is 2.59. The first-order valence-electron chi connectivity index (χ1n) is 6.65. The van der Waals surface area contributed by atoms with Gasteiger partial charge in [-0.05, 0) is 37.1 Å². The lowest BCUT2D eigenvalue weighted by atomic mass is 9.86. The van der Waals surface area contributed by atoms with E-state index in [1.54, 1.807) is 13.8 Å². The summed E-state index contributed by atoms with van der Waals surface area (Å²) in [5, 5.41) is 0. The molecule has 0 N–H and O–H groups in total. The van der Waals surface area contributed by atoms with Crippen molar-refractivity contribution >= 4 is 17.5 Å². The highest BCUT2D eigenvalue weighted by Gasteiger charge is 2.48. The van der Waals surface area contributed by atoms with E-state index in [1.807, 2.05) is 0 Å². The maximum atomic E-state index is 12.9. The van der Waals surface area contributed by atoms with Gasteiger partial charge in [0.2, 0.25) is 11.8 Å². The molecule has 0 spiro atoms. The van der Waals surface area contributed by atoms with E-state index < -0.39 is 29.0 Å². The maximum absolute atomic E-state index is 12.9.